The van der Waals surface area contributed by atoms with Crippen LogP contribution in [0.4, 0.5) is 0 Å². The first-order valence-corrected chi connectivity index (χ1v) is 9.48. The van der Waals surface area contributed by atoms with Crippen molar-refractivity contribution in [2.24, 2.45) is 5.92 Å². The Labute approximate surface area is 125 Å². The Balaban J connectivity index is 2.04. The highest BCUT2D eigenvalue weighted by Crippen LogP contribution is 2.29. The summed E-state index contributed by atoms with van der Waals surface area (Å²) < 4.78 is 27.8. The molecule has 0 atom stereocenters. The minimum atomic E-state index is -3.44. The van der Waals surface area contributed by atoms with E-state index in [2.05, 4.69) is 11.6 Å². The molecule has 0 radical (unpaired) electrons. The molecule has 2 rings (SSSR count). The van der Waals surface area contributed by atoms with Gasteiger partial charge in [0.15, 0.2) is 0 Å². The van der Waals surface area contributed by atoms with Gasteiger partial charge in [-0.2, -0.15) is 0 Å². The van der Waals surface area contributed by atoms with Gasteiger partial charge >= 0.3 is 0 Å². The number of thiophene rings is 1. The fraction of sp³-hybridized carbons (Fsp3) is 0.714. The number of aliphatic hydroxyl groups excluding tert-OH is 1. The van der Waals surface area contributed by atoms with Crippen LogP contribution in [0, 0.1) is 12.8 Å². The first-order chi connectivity index (χ1) is 9.46. The zero-order chi connectivity index (χ0) is 14.8. The summed E-state index contributed by atoms with van der Waals surface area (Å²) in [6.45, 7) is 3.92. The molecule has 0 unspecified atom stereocenters. The van der Waals surface area contributed by atoms with Gasteiger partial charge in [-0.3, -0.25) is 0 Å². The monoisotopic (exact) mass is 317 g/mol. The number of hydrogen-bond donors (Lipinski definition) is 2. The van der Waals surface area contributed by atoms with E-state index in [1.165, 1.54) is 6.42 Å². The molecule has 1 saturated carbocycles. The van der Waals surface area contributed by atoms with Gasteiger partial charge in [0.1, 0.15) is 4.21 Å². The van der Waals surface area contributed by atoms with Crippen molar-refractivity contribution in [2.45, 2.75) is 62.8 Å². The third kappa shape index (κ3) is 3.61. The third-order valence-corrected chi connectivity index (χ3v) is 7.37. The van der Waals surface area contributed by atoms with E-state index in [1.807, 2.05) is 6.92 Å². The van der Waals surface area contributed by atoms with Crippen molar-refractivity contribution in [3.63, 3.8) is 0 Å². The number of sulfonamides is 1. The minimum absolute atomic E-state index is 0.0581. The fourth-order valence-electron chi connectivity index (χ4n) is 2.74. The van der Waals surface area contributed by atoms with E-state index < -0.39 is 10.0 Å². The van der Waals surface area contributed by atoms with Crippen LogP contribution in [-0.4, -0.2) is 19.6 Å². The first kappa shape index (κ1) is 15.9. The molecule has 1 aliphatic rings. The molecule has 0 amide bonds. The highest BCUT2D eigenvalue weighted by Gasteiger charge is 2.26. The lowest BCUT2D eigenvalue weighted by molar-refractivity contribution is 0.285. The fourth-order valence-corrected chi connectivity index (χ4v) is 5.51. The Morgan fingerprint density at radius 2 is 2.00 bits per heavy atom. The van der Waals surface area contributed by atoms with E-state index in [1.54, 1.807) is 6.07 Å². The summed E-state index contributed by atoms with van der Waals surface area (Å²) in [5.41, 5.74) is 0.840. The zero-order valence-electron chi connectivity index (χ0n) is 12.1. The van der Waals surface area contributed by atoms with E-state index in [-0.39, 0.29) is 12.6 Å². The van der Waals surface area contributed by atoms with Crippen LogP contribution in [0.25, 0.3) is 0 Å². The molecule has 1 aromatic heterocycles. The maximum Gasteiger partial charge on any atom is 0.250 e. The van der Waals surface area contributed by atoms with Crippen molar-refractivity contribution in [3.8, 4) is 0 Å². The maximum absolute atomic E-state index is 12.4. The topological polar surface area (TPSA) is 66.4 Å². The molecule has 4 nitrogen and oxygen atoms in total. The SMILES string of the molecule is CCC1CCC(NS(=O)(=O)c2cc(C)c(CO)s2)CC1. The molecule has 1 heterocycles. The van der Waals surface area contributed by atoms with Gasteiger partial charge in [0.05, 0.1) is 6.61 Å². The Morgan fingerprint density at radius 1 is 1.35 bits per heavy atom. The van der Waals surface area contributed by atoms with Gasteiger partial charge in [0, 0.05) is 10.9 Å². The maximum atomic E-state index is 12.4. The third-order valence-electron chi connectivity index (χ3n) is 4.15. The van der Waals surface area contributed by atoms with Crippen molar-refractivity contribution in [3.05, 3.63) is 16.5 Å². The molecule has 0 saturated heterocycles. The van der Waals surface area contributed by atoms with E-state index >= 15 is 0 Å². The van der Waals surface area contributed by atoms with Crippen LogP contribution in [0.5, 0.6) is 0 Å². The molecule has 1 aliphatic carbocycles. The van der Waals surface area contributed by atoms with Crippen LogP contribution in [0.3, 0.4) is 0 Å². The average Bonchev–Trinajstić information content (AvgIpc) is 2.81. The number of rotatable bonds is 5. The molecule has 20 heavy (non-hydrogen) atoms. The largest absolute Gasteiger partial charge is 0.391 e. The second kappa shape index (κ2) is 6.56. The lowest BCUT2D eigenvalue weighted by Crippen LogP contribution is -2.37. The molecule has 0 spiro atoms. The highest BCUT2D eigenvalue weighted by molar-refractivity contribution is 7.91. The van der Waals surface area contributed by atoms with Crippen LogP contribution in [0.1, 0.15) is 49.5 Å². The first-order valence-electron chi connectivity index (χ1n) is 7.18. The lowest BCUT2D eigenvalue weighted by Gasteiger charge is -2.27. The predicted octanol–water partition coefficient (Wildman–Crippen LogP) is 2.80. The summed E-state index contributed by atoms with van der Waals surface area (Å²) in [6, 6.07) is 1.71. The van der Waals surface area contributed by atoms with Crippen molar-refractivity contribution < 1.29 is 13.5 Å². The van der Waals surface area contributed by atoms with Gasteiger partial charge < -0.3 is 5.11 Å². The molecule has 0 aliphatic heterocycles. The van der Waals surface area contributed by atoms with Crippen molar-refractivity contribution in [1.82, 2.24) is 4.72 Å². The van der Waals surface area contributed by atoms with E-state index in [9.17, 15) is 13.5 Å². The summed E-state index contributed by atoms with van der Waals surface area (Å²) in [5.74, 6) is 0.751. The molecule has 0 aromatic carbocycles. The van der Waals surface area contributed by atoms with Gasteiger partial charge in [-0.05, 0) is 50.2 Å². The lowest BCUT2D eigenvalue weighted by atomic mass is 9.85. The number of nitrogens with one attached hydrogen (secondary N) is 1. The predicted molar refractivity (Wildman–Crippen MR) is 81.3 cm³/mol. The van der Waals surface area contributed by atoms with Crippen molar-refractivity contribution >= 4 is 21.4 Å². The number of aryl methyl sites for hydroxylation is 1. The van der Waals surface area contributed by atoms with Crippen LogP contribution in [-0.2, 0) is 16.6 Å². The molecular formula is C14H23NO3S2. The Hall–Kier alpha value is -0.430. The van der Waals surface area contributed by atoms with Gasteiger partial charge in [-0.1, -0.05) is 13.3 Å². The second-order valence-electron chi connectivity index (χ2n) is 5.58. The molecule has 6 heteroatoms. The van der Waals surface area contributed by atoms with E-state index in [4.69, 9.17) is 0 Å². The summed E-state index contributed by atoms with van der Waals surface area (Å²) in [4.78, 5) is 0.722. The quantitative estimate of drug-likeness (QED) is 0.877. The van der Waals surface area contributed by atoms with Crippen LogP contribution in [0.15, 0.2) is 10.3 Å². The Bertz CT molecular complexity index is 543. The normalized spacial score (nSPS) is 23.9. The van der Waals surface area contributed by atoms with Gasteiger partial charge in [-0.15, -0.1) is 11.3 Å². The van der Waals surface area contributed by atoms with Gasteiger partial charge in [0.25, 0.3) is 0 Å². The molecular weight excluding hydrogens is 294 g/mol. The van der Waals surface area contributed by atoms with Crippen LogP contribution >= 0.6 is 11.3 Å². The smallest absolute Gasteiger partial charge is 0.250 e. The zero-order valence-corrected chi connectivity index (χ0v) is 13.7. The summed E-state index contributed by atoms with van der Waals surface area (Å²) in [5, 5.41) is 9.17. The molecule has 114 valence electrons. The average molecular weight is 317 g/mol. The standard InChI is InChI=1S/C14H23NO3S2/c1-3-11-4-6-12(7-5-11)15-20(17,18)14-8-10(2)13(9-16)19-14/h8,11-12,15-16H,3-7,9H2,1-2H3. The minimum Gasteiger partial charge on any atom is -0.391 e. The Morgan fingerprint density at radius 3 is 2.50 bits per heavy atom. The van der Waals surface area contributed by atoms with E-state index in [0.29, 0.717) is 4.21 Å². The molecule has 1 aromatic rings. The second-order valence-corrected chi connectivity index (χ2v) is 8.65. The Kier molecular flexibility index (Phi) is 5.23. The van der Waals surface area contributed by atoms with Crippen LogP contribution in [0.2, 0.25) is 0 Å². The van der Waals surface area contributed by atoms with Gasteiger partial charge in [0.2, 0.25) is 10.0 Å². The van der Waals surface area contributed by atoms with Crippen molar-refractivity contribution in [1.29, 1.82) is 0 Å². The van der Waals surface area contributed by atoms with Gasteiger partial charge in [-0.25, -0.2) is 13.1 Å². The summed E-state index contributed by atoms with van der Waals surface area (Å²) >= 11 is 1.16. The summed E-state index contributed by atoms with van der Waals surface area (Å²) in [7, 11) is -3.44. The number of aliphatic hydroxyl groups is 1. The summed E-state index contributed by atoms with van der Waals surface area (Å²) in [6.07, 6.45) is 5.25. The number of hydrogen-bond acceptors (Lipinski definition) is 4. The highest BCUT2D eigenvalue weighted by atomic mass is 32.2. The molecule has 0 bridgehead atoms. The molecule has 1 fully saturated rings. The van der Waals surface area contributed by atoms with Crippen LogP contribution < -0.4 is 4.72 Å². The van der Waals surface area contributed by atoms with E-state index in [0.717, 1.165) is 53.4 Å². The van der Waals surface area contributed by atoms with Crippen molar-refractivity contribution in [2.75, 3.05) is 0 Å². The molecule has 2 N–H and O–H groups in total.